The van der Waals surface area contributed by atoms with Gasteiger partial charge in [0.1, 0.15) is 22.6 Å². The average molecular weight is 472 g/mol. The molecule has 3 heterocycles. The van der Waals surface area contributed by atoms with Gasteiger partial charge in [0.25, 0.3) is 0 Å². The van der Waals surface area contributed by atoms with Crippen molar-refractivity contribution in [3.63, 3.8) is 0 Å². The maximum absolute atomic E-state index is 13.8. The summed E-state index contributed by atoms with van der Waals surface area (Å²) in [6.45, 7) is 1.50. The summed E-state index contributed by atoms with van der Waals surface area (Å²) in [5.74, 6) is -5.20. The van der Waals surface area contributed by atoms with Gasteiger partial charge < -0.3 is 4.57 Å². The molecule has 0 amide bonds. The average Bonchev–Trinajstić information content (AvgIpc) is 3.07. The van der Waals surface area contributed by atoms with E-state index >= 15 is 0 Å². The van der Waals surface area contributed by atoms with Gasteiger partial charge in [0.15, 0.2) is 15.5 Å². The zero-order valence-electron chi connectivity index (χ0n) is 16.8. The maximum atomic E-state index is 13.8. The zero-order valence-corrected chi connectivity index (χ0v) is 17.6. The number of nitrogens with zero attached hydrogens (tertiary/aromatic N) is 4. The van der Waals surface area contributed by atoms with Crippen molar-refractivity contribution < 1.29 is 30.4 Å². The maximum Gasteiger partial charge on any atom is 0.458 e. The fourth-order valence-electron chi connectivity index (χ4n) is 3.76. The van der Waals surface area contributed by atoms with Crippen molar-refractivity contribution >= 4 is 27.2 Å². The topological polar surface area (TPSA) is 77.2 Å². The highest BCUT2D eigenvalue weighted by Crippen LogP contribution is 2.45. The monoisotopic (exact) mass is 472 g/mol. The standard InChI is InChI=1S/C20H17F5N4O2S/c1-3-32(30,31)16-13-7-5-4-6-11(13)9-26-15(16)18-28-14-8-12(10-27-17(14)29(18)2)19(21,22)20(23,24)25/h4-10,15-16H,3H2,1-2H3. The van der Waals surface area contributed by atoms with Gasteiger partial charge in [-0.3, -0.25) is 4.99 Å². The number of halogens is 5. The molecule has 0 aliphatic carbocycles. The molecule has 0 spiro atoms. The van der Waals surface area contributed by atoms with Crippen molar-refractivity contribution in [2.24, 2.45) is 12.0 Å². The molecule has 32 heavy (non-hydrogen) atoms. The highest BCUT2D eigenvalue weighted by atomic mass is 32.2. The minimum atomic E-state index is -5.79. The Balaban J connectivity index is 1.88. The van der Waals surface area contributed by atoms with Gasteiger partial charge in [0.2, 0.25) is 0 Å². The Morgan fingerprint density at radius 1 is 1.12 bits per heavy atom. The number of alkyl halides is 5. The molecule has 0 radical (unpaired) electrons. The minimum absolute atomic E-state index is 0.0310. The van der Waals surface area contributed by atoms with E-state index in [0.717, 1.165) is 0 Å². The van der Waals surface area contributed by atoms with Crippen LogP contribution in [0.2, 0.25) is 0 Å². The van der Waals surface area contributed by atoms with E-state index in [4.69, 9.17) is 0 Å². The van der Waals surface area contributed by atoms with Crippen molar-refractivity contribution in [1.29, 1.82) is 0 Å². The molecule has 0 bridgehead atoms. The van der Waals surface area contributed by atoms with Crippen LogP contribution in [0, 0.1) is 0 Å². The largest absolute Gasteiger partial charge is 0.458 e. The molecular formula is C20H17F5N4O2S. The quantitative estimate of drug-likeness (QED) is 0.532. The Labute approximate surface area is 179 Å². The van der Waals surface area contributed by atoms with Crippen LogP contribution in [0.15, 0.2) is 41.5 Å². The number of aliphatic imine (C=N–C) groups is 1. The number of benzene rings is 1. The number of aromatic nitrogens is 3. The van der Waals surface area contributed by atoms with Gasteiger partial charge in [-0.1, -0.05) is 31.2 Å². The Bertz CT molecular complexity index is 1330. The molecule has 3 aromatic rings. The Morgan fingerprint density at radius 3 is 2.47 bits per heavy atom. The van der Waals surface area contributed by atoms with E-state index in [1.54, 1.807) is 24.3 Å². The summed E-state index contributed by atoms with van der Waals surface area (Å²) >= 11 is 0. The summed E-state index contributed by atoms with van der Waals surface area (Å²) in [5.41, 5.74) is -0.403. The molecule has 0 saturated heterocycles. The van der Waals surface area contributed by atoms with Gasteiger partial charge in [0.05, 0.1) is 5.56 Å². The number of imidazole rings is 1. The van der Waals surface area contributed by atoms with E-state index in [1.165, 1.54) is 24.8 Å². The third-order valence-corrected chi connectivity index (χ3v) is 7.57. The molecule has 12 heteroatoms. The predicted molar refractivity (Wildman–Crippen MR) is 107 cm³/mol. The van der Waals surface area contributed by atoms with Crippen LogP contribution in [-0.4, -0.2) is 41.1 Å². The van der Waals surface area contributed by atoms with Crippen LogP contribution in [-0.2, 0) is 22.8 Å². The van der Waals surface area contributed by atoms with Gasteiger partial charge in [0, 0.05) is 25.2 Å². The second kappa shape index (κ2) is 7.32. The summed E-state index contributed by atoms with van der Waals surface area (Å²) in [7, 11) is -2.22. The number of rotatable bonds is 4. The second-order valence-electron chi connectivity index (χ2n) is 7.39. The highest BCUT2D eigenvalue weighted by Gasteiger charge is 2.59. The molecule has 2 aromatic heterocycles. The Morgan fingerprint density at radius 2 is 1.81 bits per heavy atom. The molecule has 2 atom stereocenters. The predicted octanol–water partition coefficient (Wildman–Crippen LogP) is 4.27. The number of sulfone groups is 1. The van der Waals surface area contributed by atoms with E-state index in [0.29, 0.717) is 23.4 Å². The van der Waals surface area contributed by atoms with Gasteiger partial charge in [-0.2, -0.15) is 22.0 Å². The molecule has 4 rings (SSSR count). The molecule has 1 aromatic carbocycles. The third-order valence-electron chi connectivity index (χ3n) is 5.48. The fourth-order valence-corrected chi connectivity index (χ4v) is 5.31. The van der Waals surface area contributed by atoms with Crippen LogP contribution in [0.5, 0.6) is 0 Å². The van der Waals surface area contributed by atoms with E-state index in [1.807, 2.05) is 0 Å². The summed E-state index contributed by atoms with van der Waals surface area (Å²) in [6, 6.07) is 6.39. The van der Waals surface area contributed by atoms with Crippen LogP contribution >= 0.6 is 0 Å². The second-order valence-corrected chi connectivity index (χ2v) is 9.80. The van der Waals surface area contributed by atoms with Crippen LogP contribution in [0.3, 0.4) is 0 Å². The lowest BCUT2D eigenvalue weighted by atomic mass is 9.97. The lowest BCUT2D eigenvalue weighted by Crippen LogP contribution is -2.33. The summed E-state index contributed by atoms with van der Waals surface area (Å²) in [5, 5.41) is -1.10. The van der Waals surface area contributed by atoms with E-state index in [-0.39, 0.29) is 22.7 Å². The lowest BCUT2D eigenvalue weighted by Gasteiger charge is -2.28. The van der Waals surface area contributed by atoms with Gasteiger partial charge in [-0.15, -0.1) is 0 Å². The van der Waals surface area contributed by atoms with Gasteiger partial charge in [-0.05, 0) is 17.2 Å². The molecule has 1 aliphatic heterocycles. The van der Waals surface area contributed by atoms with Crippen molar-refractivity contribution in [1.82, 2.24) is 14.5 Å². The van der Waals surface area contributed by atoms with Crippen LogP contribution < -0.4 is 0 Å². The summed E-state index contributed by atoms with van der Waals surface area (Å²) in [4.78, 5) is 12.3. The van der Waals surface area contributed by atoms with Crippen molar-refractivity contribution in [2.45, 2.75) is 30.3 Å². The zero-order chi connectivity index (χ0) is 23.5. The molecule has 0 fully saturated rings. The van der Waals surface area contributed by atoms with Gasteiger partial charge in [-0.25, -0.2) is 18.4 Å². The minimum Gasteiger partial charge on any atom is -0.314 e. The first kappa shape index (κ1) is 22.3. The molecular weight excluding hydrogens is 455 g/mol. The number of hydrogen-bond acceptors (Lipinski definition) is 5. The highest BCUT2D eigenvalue weighted by molar-refractivity contribution is 7.91. The van der Waals surface area contributed by atoms with Crippen molar-refractivity contribution in [2.75, 3.05) is 5.75 Å². The van der Waals surface area contributed by atoms with Crippen LogP contribution in [0.4, 0.5) is 22.0 Å². The molecule has 6 nitrogen and oxygen atoms in total. The van der Waals surface area contributed by atoms with E-state index in [9.17, 15) is 30.4 Å². The number of aryl methyl sites for hydroxylation is 1. The van der Waals surface area contributed by atoms with Crippen molar-refractivity contribution in [3.8, 4) is 0 Å². The molecule has 0 saturated carbocycles. The van der Waals surface area contributed by atoms with E-state index < -0.39 is 38.8 Å². The molecule has 170 valence electrons. The molecule has 1 aliphatic rings. The normalized spacial score (nSPS) is 19.3. The molecule has 2 unspecified atom stereocenters. The summed E-state index contributed by atoms with van der Waals surface area (Å²) in [6.07, 6.45) is -3.85. The SMILES string of the molecule is CCS(=O)(=O)C1c2ccccc2C=NC1c1nc2cc(C(F)(F)C(F)(F)F)cnc2n1C. The Hall–Kier alpha value is -2.89. The number of fused-ring (bicyclic) bond motifs is 2. The van der Waals surface area contributed by atoms with Crippen molar-refractivity contribution in [3.05, 3.63) is 59.0 Å². The van der Waals surface area contributed by atoms with Crippen LogP contribution in [0.25, 0.3) is 11.2 Å². The first-order chi connectivity index (χ1) is 14.9. The fraction of sp³-hybridized carbons (Fsp3) is 0.350. The smallest absolute Gasteiger partial charge is 0.314 e. The first-order valence-electron chi connectivity index (χ1n) is 9.49. The van der Waals surface area contributed by atoms with Crippen LogP contribution in [0.1, 0.15) is 40.7 Å². The van der Waals surface area contributed by atoms with Gasteiger partial charge >= 0.3 is 12.1 Å². The molecule has 0 N–H and O–H groups in total. The first-order valence-corrected chi connectivity index (χ1v) is 11.2. The third kappa shape index (κ3) is 3.37. The lowest BCUT2D eigenvalue weighted by molar-refractivity contribution is -0.289. The summed E-state index contributed by atoms with van der Waals surface area (Å²) < 4.78 is 93.2. The van der Waals surface area contributed by atoms with E-state index in [2.05, 4.69) is 15.0 Å². The number of pyridine rings is 1. The number of hydrogen-bond donors (Lipinski definition) is 0. The Kier molecular flexibility index (Phi) is 5.11.